The summed E-state index contributed by atoms with van der Waals surface area (Å²) >= 11 is 0. The third kappa shape index (κ3) is 88.3. The average molecular weight is 1420 g/mol. The number of carboxylic acid groups (broad SMARTS) is 2. The molecule has 0 aliphatic carbocycles. The molecule has 0 unspecified atom stereocenters. The van der Waals surface area contributed by atoms with Gasteiger partial charge in [0, 0.05) is 91.9 Å². The van der Waals surface area contributed by atoms with Crippen molar-refractivity contribution in [3.05, 3.63) is 0 Å². The minimum Gasteiger partial charge on any atom is -0.481 e. The Morgan fingerprint density at radius 1 is 0.210 bits per heavy atom. The predicted octanol–water partition coefficient (Wildman–Crippen LogP) is 23.4. The number of rotatable bonds is 76. The van der Waals surface area contributed by atoms with Gasteiger partial charge >= 0.3 is 6.03 Å². The molecule has 0 heterocycles. The van der Waals surface area contributed by atoms with Crippen LogP contribution in [-0.4, -0.2) is 114 Å². The second-order valence-corrected chi connectivity index (χ2v) is 29.5. The summed E-state index contributed by atoms with van der Waals surface area (Å²) in [5.74, 6) is -1.63. The predicted molar refractivity (Wildman–Crippen MR) is 425 cm³/mol. The molecular weight excluding hydrogens is 1250 g/mol. The summed E-state index contributed by atoms with van der Waals surface area (Å²) in [6, 6.07) is -0.216. The van der Waals surface area contributed by atoms with Crippen molar-refractivity contribution in [2.24, 2.45) is 0 Å². The van der Waals surface area contributed by atoms with Gasteiger partial charge in [-0.3, -0.25) is 28.8 Å². The van der Waals surface area contributed by atoms with Crippen LogP contribution in [0.2, 0.25) is 0 Å². The number of amides is 6. The van der Waals surface area contributed by atoms with E-state index >= 15 is 0 Å². The summed E-state index contributed by atoms with van der Waals surface area (Å²) in [5, 5.41) is 27.2. The van der Waals surface area contributed by atoms with E-state index in [1.807, 2.05) is 0 Å². The summed E-state index contributed by atoms with van der Waals surface area (Å²) in [6.45, 7) is 13.7. The van der Waals surface area contributed by atoms with Crippen LogP contribution in [0.3, 0.4) is 0 Å². The Morgan fingerprint density at radius 3 is 0.440 bits per heavy atom. The van der Waals surface area contributed by atoms with Gasteiger partial charge in [0.2, 0.25) is 23.6 Å². The molecule has 0 aromatic rings. The van der Waals surface area contributed by atoms with E-state index in [4.69, 9.17) is 19.8 Å². The second kappa shape index (κ2) is 85.7. The number of carbonyl (C=O) groups is 7. The lowest BCUT2D eigenvalue weighted by Gasteiger charge is -2.31. The topological polar surface area (TPSA) is 215 Å². The Morgan fingerprint density at radius 2 is 0.320 bits per heavy atom. The summed E-state index contributed by atoms with van der Waals surface area (Å²) in [7, 11) is 0. The van der Waals surface area contributed by atoms with Crippen LogP contribution in [0.15, 0.2) is 0 Å². The van der Waals surface area contributed by atoms with Gasteiger partial charge in [0.05, 0.1) is 0 Å². The molecule has 6 amide bonds. The minimum absolute atomic E-state index is 0.00865. The van der Waals surface area contributed by atoms with E-state index in [0.717, 1.165) is 90.9 Å². The number of nitrogens with zero attached hydrogens (tertiary/aromatic N) is 2. The SMILES string of the molecule is CC(=O)O.CC(=O)O.CCCCCCCCCCCCCCCCCC(=O)NCCN(CCNC(=O)CCCCCCCCCCCCCCCCC)C(=O)N(CCNC(=O)CCCCCCCCCCCCCCCCC)CCNC(=O)CCCCCCCCCCCCCCCCC. The minimum atomic E-state index is -0.833. The van der Waals surface area contributed by atoms with Gasteiger partial charge in [0.1, 0.15) is 0 Å². The van der Waals surface area contributed by atoms with E-state index < -0.39 is 11.9 Å². The zero-order valence-corrected chi connectivity index (χ0v) is 67.1. The summed E-state index contributed by atoms with van der Waals surface area (Å²) < 4.78 is 0. The fourth-order valence-electron chi connectivity index (χ4n) is 13.1. The van der Waals surface area contributed by atoms with E-state index in [1.54, 1.807) is 9.80 Å². The first kappa shape index (κ1) is 100. The third-order valence-electron chi connectivity index (χ3n) is 19.4. The lowest BCUT2D eigenvalue weighted by Crippen LogP contribution is -2.51. The standard InChI is InChI=1S/C81H160N6O5.2C2H4O2/c1-5-9-13-17-21-25-29-33-37-41-45-49-53-57-61-65-77(88)82-69-73-86(74-70-83-78(89)66-62-58-54-50-46-42-38-34-30-26-22-18-14-10-6-2)81(92)87(75-71-84-79(90)67-63-59-55-51-47-43-39-35-31-27-23-19-15-11-7-3)76-72-85-80(91)68-64-60-56-52-48-44-40-36-32-28-24-20-16-12-8-4;2*1-2(3)4/h5-76H2,1-4H3,(H,82,88)(H,83,89)(H,84,90)(H,85,91);2*1H3,(H,3,4). The molecule has 15 heteroatoms. The Kier molecular flexibility index (Phi) is 86.0. The molecule has 0 aliphatic rings. The van der Waals surface area contributed by atoms with Gasteiger partial charge in [0.15, 0.2) is 0 Å². The number of unbranched alkanes of at least 4 members (excludes halogenated alkanes) is 56. The number of hydrogen-bond donors (Lipinski definition) is 6. The Hall–Kier alpha value is -3.91. The fraction of sp³-hybridized carbons (Fsp3) is 0.918. The van der Waals surface area contributed by atoms with Crippen molar-refractivity contribution in [1.29, 1.82) is 0 Å². The summed E-state index contributed by atoms with van der Waals surface area (Å²) in [4.78, 5) is 88.7. The lowest BCUT2D eigenvalue weighted by atomic mass is 10.0. The normalized spacial score (nSPS) is 10.9. The number of urea groups is 1. The van der Waals surface area contributed by atoms with E-state index in [0.29, 0.717) is 78.0 Å². The van der Waals surface area contributed by atoms with Gasteiger partial charge in [-0.2, -0.15) is 0 Å². The van der Waals surface area contributed by atoms with Crippen LogP contribution in [0.25, 0.3) is 0 Å². The molecule has 0 aromatic heterocycles. The van der Waals surface area contributed by atoms with Crippen molar-refractivity contribution in [1.82, 2.24) is 31.1 Å². The average Bonchev–Trinajstić information content (AvgIpc) is 0.905. The fourth-order valence-corrected chi connectivity index (χ4v) is 13.1. The van der Waals surface area contributed by atoms with Crippen LogP contribution in [0.5, 0.6) is 0 Å². The van der Waals surface area contributed by atoms with Crippen molar-refractivity contribution in [2.45, 2.75) is 452 Å². The monoisotopic (exact) mass is 1420 g/mol. The smallest absolute Gasteiger partial charge is 0.320 e. The summed E-state index contributed by atoms with van der Waals surface area (Å²) in [5.41, 5.74) is 0. The maximum atomic E-state index is 14.7. The molecule has 6 N–H and O–H groups in total. The van der Waals surface area contributed by atoms with Crippen molar-refractivity contribution >= 4 is 41.6 Å². The molecule has 0 spiro atoms. The lowest BCUT2D eigenvalue weighted by molar-refractivity contribution is -0.135. The molecule has 0 radical (unpaired) electrons. The van der Waals surface area contributed by atoms with Crippen LogP contribution in [0.1, 0.15) is 452 Å². The molecule has 0 fully saturated rings. The van der Waals surface area contributed by atoms with E-state index in [2.05, 4.69) is 49.0 Å². The maximum absolute atomic E-state index is 14.7. The number of carbonyl (C=O) groups excluding carboxylic acids is 5. The van der Waals surface area contributed by atoms with Gasteiger partial charge in [-0.05, 0) is 25.7 Å². The Balaban J connectivity index is -0.0000111. The molecule has 0 bridgehead atoms. The first-order valence-corrected chi connectivity index (χ1v) is 43.2. The van der Waals surface area contributed by atoms with Crippen LogP contribution >= 0.6 is 0 Å². The highest BCUT2D eigenvalue weighted by atomic mass is 16.4. The highest BCUT2D eigenvalue weighted by Gasteiger charge is 2.22. The van der Waals surface area contributed by atoms with Crippen molar-refractivity contribution in [2.75, 3.05) is 52.4 Å². The molecule has 0 aromatic carbocycles. The zero-order chi connectivity index (χ0) is 73.9. The first-order valence-electron chi connectivity index (χ1n) is 43.2. The molecule has 0 atom stereocenters. The van der Waals surface area contributed by atoms with Crippen molar-refractivity contribution < 1.29 is 43.8 Å². The van der Waals surface area contributed by atoms with Gasteiger partial charge in [-0.1, -0.05) is 387 Å². The quantitative estimate of drug-likeness (QED) is 0.0319. The van der Waals surface area contributed by atoms with Gasteiger partial charge in [-0.15, -0.1) is 0 Å². The number of aliphatic carboxylic acids is 2. The van der Waals surface area contributed by atoms with E-state index in [9.17, 15) is 24.0 Å². The third-order valence-corrected chi connectivity index (χ3v) is 19.4. The first-order chi connectivity index (χ1) is 48.7. The number of nitrogens with one attached hydrogen (secondary N) is 4. The molecule has 0 rings (SSSR count). The van der Waals surface area contributed by atoms with Crippen LogP contribution < -0.4 is 21.3 Å². The molecule has 0 saturated heterocycles. The van der Waals surface area contributed by atoms with E-state index in [1.165, 1.54) is 308 Å². The number of carboxylic acids is 2. The highest BCUT2D eigenvalue weighted by molar-refractivity contribution is 5.78. The zero-order valence-electron chi connectivity index (χ0n) is 67.1. The van der Waals surface area contributed by atoms with E-state index in [-0.39, 0.29) is 29.7 Å². The molecular formula is C85H168N6O9. The number of hydrogen-bond acceptors (Lipinski definition) is 7. The summed E-state index contributed by atoms with van der Waals surface area (Å²) in [6.07, 6.45) is 78.9. The van der Waals surface area contributed by atoms with Crippen LogP contribution in [-0.2, 0) is 28.8 Å². The van der Waals surface area contributed by atoms with Crippen LogP contribution in [0, 0.1) is 0 Å². The van der Waals surface area contributed by atoms with Gasteiger partial charge in [-0.25, -0.2) is 4.79 Å². The molecule has 0 saturated carbocycles. The molecule has 0 aliphatic heterocycles. The van der Waals surface area contributed by atoms with Gasteiger partial charge in [0.25, 0.3) is 11.9 Å². The molecule has 15 nitrogen and oxygen atoms in total. The van der Waals surface area contributed by atoms with Crippen LogP contribution in [0.4, 0.5) is 4.79 Å². The largest absolute Gasteiger partial charge is 0.481 e. The van der Waals surface area contributed by atoms with Gasteiger partial charge < -0.3 is 41.3 Å². The Labute approximate surface area is 618 Å². The Bertz CT molecular complexity index is 1540. The second-order valence-electron chi connectivity index (χ2n) is 29.5. The van der Waals surface area contributed by atoms with Crippen molar-refractivity contribution in [3.63, 3.8) is 0 Å². The van der Waals surface area contributed by atoms with Crippen molar-refractivity contribution in [3.8, 4) is 0 Å². The molecule has 100 heavy (non-hydrogen) atoms. The highest BCUT2D eigenvalue weighted by Crippen LogP contribution is 2.19. The maximum Gasteiger partial charge on any atom is 0.320 e. The molecule has 592 valence electrons.